The Morgan fingerprint density at radius 1 is 1.44 bits per heavy atom. The second-order valence-electron chi connectivity index (χ2n) is 4.39. The lowest BCUT2D eigenvalue weighted by molar-refractivity contribution is -0.177. The van der Waals surface area contributed by atoms with Crippen LogP contribution in [0.4, 0.5) is 13.2 Å². The van der Waals surface area contributed by atoms with E-state index in [1.54, 1.807) is 0 Å². The number of H-pyrrole nitrogens is 1. The summed E-state index contributed by atoms with van der Waals surface area (Å²) in [5, 5.41) is 0. The first-order valence-electron chi connectivity index (χ1n) is 5.50. The summed E-state index contributed by atoms with van der Waals surface area (Å²) in [6.45, 7) is 2.21. The van der Waals surface area contributed by atoms with E-state index in [4.69, 9.17) is 0 Å². The summed E-state index contributed by atoms with van der Waals surface area (Å²) in [5.74, 6) is 0.422. The number of hydrogen-bond donors (Lipinski definition) is 1. The van der Waals surface area contributed by atoms with Gasteiger partial charge < -0.3 is 9.72 Å². The number of nitrogens with one attached hydrogen (secondary N) is 1. The van der Waals surface area contributed by atoms with Crippen molar-refractivity contribution in [1.29, 1.82) is 0 Å². The Labute approximate surface area is 102 Å². The molecule has 0 saturated heterocycles. The second-order valence-corrected chi connectivity index (χ2v) is 4.39. The zero-order chi connectivity index (χ0) is 13.8. The maximum Gasteiger partial charge on any atom is 0.411 e. The van der Waals surface area contributed by atoms with Gasteiger partial charge in [0.15, 0.2) is 0 Å². The van der Waals surface area contributed by atoms with Crippen molar-refractivity contribution in [2.75, 3.05) is 6.61 Å². The Balaban J connectivity index is 2.65. The van der Waals surface area contributed by atoms with Crippen LogP contribution >= 0.6 is 0 Å². The Morgan fingerprint density at radius 3 is 2.67 bits per heavy atom. The van der Waals surface area contributed by atoms with Gasteiger partial charge in [0, 0.05) is 11.8 Å². The number of nitrogens with zero attached hydrogens (tertiary/aromatic N) is 1. The Kier molecular flexibility index (Phi) is 4.89. The molecule has 102 valence electrons. The largest absolute Gasteiger partial charge is 0.411 e. The third kappa shape index (κ3) is 5.81. The zero-order valence-corrected chi connectivity index (χ0v) is 10.2. The minimum Gasteiger partial charge on any atom is -0.364 e. The molecule has 0 radical (unpaired) electrons. The Morgan fingerprint density at radius 2 is 2.11 bits per heavy atom. The first-order valence-corrected chi connectivity index (χ1v) is 5.50. The lowest BCUT2D eigenvalue weighted by Crippen LogP contribution is -2.19. The highest BCUT2D eigenvalue weighted by Crippen LogP contribution is 2.15. The van der Waals surface area contributed by atoms with Crippen molar-refractivity contribution >= 4 is 0 Å². The molecule has 0 amide bonds. The van der Waals surface area contributed by atoms with Crippen LogP contribution in [0.15, 0.2) is 10.9 Å². The van der Waals surface area contributed by atoms with Crippen molar-refractivity contribution in [2.24, 2.45) is 5.92 Å². The predicted octanol–water partition coefficient (Wildman–Crippen LogP) is 2.05. The molecule has 1 aromatic rings. The van der Waals surface area contributed by atoms with Crippen molar-refractivity contribution in [2.45, 2.75) is 33.1 Å². The summed E-state index contributed by atoms with van der Waals surface area (Å²) >= 11 is 0. The van der Waals surface area contributed by atoms with Gasteiger partial charge in [-0.3, -0.25) is 4.79 Å². The van der Waals surface area contributed by atoms with Crippen LogP contribution in [-0.2, 0) is 17.8 Å². The normalized spacial score (nSPS) is 12.1. The Bertz CT molecular complexity index is 441. The summed E-state index contributed by atoms with van der Waals surface area (Å²) in [7, 11) is 0. The minimum absolute atomic E-state index is 0.113. The maximum atomic E-state index is 11.9. The number of aromatic amines is 1. The SMILES string of the molecule is CC(C)Cc1cc(=O)[nH]c(COCC(F)(F)F)n1. The molecule has 4 nitrogen and oxygen atoms in total. The molecular formula is C11H15F3N2O2. The van der Waals surface area contributed by atoms with Crippen LogP contribution in [0.25, 0.3) is 0 Å². The van der Waals surface area contributed by atoms with Gasteiger partial charge >= 0.3 is 6.18 Å². The molecule has 0 aliphatic carbocycles. The monoisotopic (exact) mass is 264 g/mol. The number of hydrogen-bond acceptors (Lipinski definition) is 3. The van der Waals surface area contributed by atoms with E-state index >= 15 is 0 Å². The number of rotatable bonds is 5. The topological polar surface area (TPSA) is 55.0 Å². The van der Waals surface area contributed by atoms with Crippen LogP contribution in [0.1, 0.15) is 25.4 Å². The fourth-order valence-corrected chi connectivity index (χ4v) is 1.42. The number of halogens is 3. The third-order valence-corrected chi connectivity index (χ3v) is 1.97. The summed E-state index contributed by atoms with van der Waals surface area (Å²) in [5.41, 5.74) is 0.172. The van der Waals surface area contributed by atoms with Gasteiger partial charge in [-0.25, -0.2) is 4.98 Å². The highest BCUT2D eigenvalue weighted by molar-refractivity contribution is 5.03. The van der Waals surface area contributed by atoms with Crippen molar-refractivity contribution in [3.63, 3.8) is 0 Å². The minimum atomic E-state index is -4.38. The summed E-state index contributed by atoms with van der Waals surface area (Å²) < 4.78 is 40.1. The average molecular weight is 264 g/mol. The third-order valence-electron chi connectivity index (χ3n) is 1.97. The molecule has 0 fully saturated rings. The van der Waals surface area contributed by atoms with Crippen LogP contribution in [0.2, 0.25) is 0 Å². The summed E-state index contributed by atoms with van der Waals surface area (Å²) in [6, 6.07) is 1.34. The molecule has 18 heavy (non-hydrogen) atoms. The molecule has 0 aliphatic heterocycles. The van der Waals surface area contributed by atoms with Crippen molar-refractivity contribution < 1.29 is 17.9 Å². The second kappa shape index (κ2) is 5.99. The maximum absolute atomic E-state index is 11.9. The highest BCUT2D eigenvalue weighted by Gasteiger charge is 2.27. The van der Waals surface area contributed by atoms with Crippen LogP contribution in [0.3, 0.4) is 0 Å². The molecule has 0 aromatic carbocycles. The van der Waals surface area contributed by atoms with Crippen LogP contribution in [0.5, 0.6) is 0 Å². The lowest BCUT2D eigenvalue weighted by Gasteiger charge is -2.08. The molecule has 0 bridgehead atoms. The quantitative estimate of drug-likeness (QED) is 0.885. The molecular weight excluding hydrogens is 249 g/mol. The van der Waals surface area contributed by atoms with Crippen molar-refractivity contribution in [1.82, 2.24) is 9.97 Å². The molecule has 1 N–H and O–H groups in total. The Hall–Kier alpha value is -1.37. The lowest BCUT2D eigenvalue weighted by atomic mass is 10.1. The molecule has 0 saturated carbocycles. The summed E-state index contributed by atoms with van der Waals surface area (Å²) in [4.78, 5) is 17.7. The van der Waals surface area contributed by atoms with Gasteiger partial charge in [-0.05, 0) is 12.3 Å². The van der Waals surface area contributed by atoms with E-state index in [0.29, 0.717) is 18.0 Å². The van der Waals surface area contributed by atoms with Crippen LogP contribution in [0, 0.1) is 5.92 Å². The van der Waals surface area contributed by atoms with Gasteiger partial charge in [0.25, 0.3) is 5.56 Å². The molecule has 1 aromatic heterocycles. The van der Waals surface area contributed by atoms with E-state index in [1.165, 1.54) is 6.07 Å². The van der Waals surface area contributed by atoms with E-state index < -0.39 is 12.8 Å². The van der Waals surface area contributed by atoms with Gasteiger partial charge in [0.1, 0.15) is 19.0 Å². The highest BCUT2D eigenvalue weighted by atomic mass is 19.4. The zero-order valence-electron chi connectivity index (χ0n) is 10.2. The van der Waals surface area contributed by atoms with Gasteiger partial charge in [-0.1, -0.05) is 13.8 Å². The van der Waals surface area contributed by atoms with E-state index in [1.807, 2.05) is 13.8 Å². The van der Waals surface area contributed by atoms with Crippen LogP contribution in [-0.4, -0.2) is 22.8 Å². The number of ether oxygens (including phenoxy) is 1. The van der Waals surface area contributed by atoms with Gasteiger partial charge in [-0.15, -0.1) is 0 Å². The van der Waals surface area contributed by atoms with E-state index in [9.17, 15) is 18.0 Å². The molecule has 0 atom stereocenters. The fraction of sp³-hybridized carbons (Fsp3) is 0.636. The molecule has 0 spiro atoms. The van der Waals surface area contributed by atoms with Gasteiger partial charge in [0.05, 0.1) is 0 Å². The number of aromatic nitrogens is 2. The first kappa shape index (κ1) is 14.7. The van der Waals surface area contributed by atoms with Crippen LogP contribution < -0.4 is 5.56 Å². The smallest absolute Gasteiger partial charge is 0.364 e. The predicted molar refractivity (Wildman–Crippen MR) is 59.1 cm³/mol. The molecule has 1 rings (SSSR count). The standard InChI is InChI=1S/C11H15F3N2O2/c1-7(2)3-8-4-10(17)16-9(15-8)5-18-6-11(12,13)14/h4,7H,3,5-6H2,1-2H3,(H,15,16,17). The van der Waals surface area contributed by atoms with E-state index in [0.717, 1.165) is 0 Å². The van der Waals surface area contributed by atoms with Crippen molar-refractivity contribution in [3.05, 3.63) is 27.9 Å². The van der Waals surface area contributed by atoms with Gasteiger partial charge in [-0.2, -0.15) is 13.2 Å². The fourth-order valence-electron chi connectivity index (χ4n) is 1.42. The van der Waals surface area contributed by atoms with Gasteiger partial charge in [0.2, 0.25) is 0 Å². The number of alkyl halides is 3. The molecule has 1 heterocycles. The van der Waals surface area contributed by atoms with Crippen molar-refractivity contribution in [3.8, 4) is 0 Å². The molecule has 0 unspecified atom stereocenters. The molecule has 7 heteroatoms. The first-order chi connectivity index (χ1) is 8.26. The van der Waals surface area contributed by atoms with E-state index in [2.05, 4.69) is 14.7 Å². The summed E-state index contributed by atoms with van der Waals surface area (Å²) in [6.07, 6.45) is -3.79. The van der Waals surface area contributed by atoms with E-state index in [-0.39, 0.29) is 18.0 Å². The molecule has 0 aliphatic rings. The average Bonchev–Trinajstić information content (AvgIpc) is 2.12.